The van der Waals surface area contributed by atoms with E-state index < -0.39 is 0 Å². The van der Waals surface area contributed by atoms with Crippen LogP contribution in [0.25, 0.3) is 0 Å². The number of carbonyl (C=O) groups is 1. The monoisotopic (exact) mass is 205 g/mol. The highest BCUT2D eigenvalue weighted by atomic mass is 16.2. The number of likely N-dealkylation sites (tertiary alicyclic amines) is 1. The van der Waals surface area contributed by atoms with Crippen LogP contribution in [-0.4, -0.2) is 23.9 Å². The molecular formula is C11H15N3O. The van der Waals surface area contributed by atoms with Gasteiger partial charge in [-0.3, -0.25) is 4.79 Å². The van der Waals surface area contributed by atoms with E-state index in [-0.39, 0.29) is 11.8 Å². The highest BCUT2D eigenvalue weighted by Gasteiger charge is 2.27. The second-order valence-corrected chi connectivity index (χ2v) is 3.77. The van der Waals surface area contributed by atoms with E-state index >= 15 is 0 Å². The van der Waals surface area contributed by atoms with E-state index in [4.69, 9.17) is 10.5 Å². The SMILES string of the molecule is N#CCCC1CCCN(CCC#N)C1=O. The van der Waals surface area contributed by atoms with Crippen LogP contribution in [0.1, 0.15) is 32.1 Å². The number of amides is 1. The molecule has 0 saturated carbocycles. The van der Waals surface area contributed by atoms with Crippen LogP contribution in [0.15, 0.2) is 0 Å². The molecule has 1 aliphatic heterocycles. The van der Waals surface area contributed by atoms with Gasteiger partial charge in [0.25, 0.3) is 0 Å². The van der Waals surface area contributed by atoms with Crippen LogP contribution in [0.4, 0.5) is 0 Å². The zero-order chi connectivity index (χ0) is 11.1. The van der Waals surface area contributed by atoms with Gasteiger partial charge in [-0.25, -0.2) is 0 Å². The number of nitriles is 2. The predicted octanol–water partition coefficient (Wildman–Crippen LogP) is 1.44. The van der Waals surface area contributed by atoms with Gasteiger partial charge in [-0.15, -0.1) is 0 Å². The van der Waals surface area contributed by atoms with Crippen LogP contribution >= 0.6 is 0 Å². The first-order chi connectivity index (χ1) is 7.29. The van der Waals surface area contributed by atoms with Gasteiger partial charge in [0.15, 0.2) is 0 Å². The van der Waals surface area contributed by atoms with E-state index in [9.17, 15) is 4.79 Å². The van der Waals surface area contributed by atoms with Crippen molar-refractivity contribution in [3.05, 3.63) is 0 Å². The second-order valence-electron chi connectivity index (χ2n) is 3.77. The molecule has 0 N–H and O–H groups in total. The molecule has 1 aliphatic rings. The van der Waals surface area contributed by atoms with Crippen molar-refractivity contribution in [1.29, 1.82) is 10.5 Å². The summed E-state index contributed by atoms with van der Waals surface area (Å²) in [7, 11) is 0. The largest absolute Gasteiger partial charge is 0.341 e. The molecule has 4 heteroatoms. The minimum absolute atomic E-state index is 0.0112. The Morgan fingerprint density at radius 1 is 1.33 bits per heavy atom. The maximum atomic E-state index is 11.8. The van der Waals surface area contributed by atoms with Gasteiger partial charge in [0.2, 0.25) is 5.91 Å². The van der Waals surface area contributed by atoms with E-state index in [1.807, 2.05) is 6.07 Å². The van der Waals surface area contributed by atoms with Crippen LogP contribution in [-0.2, 0) is 4.79 Å². The van der Waals surface area contributed by atoms with E-state index in [0.717, 1.165) is 19.4 Å². The standard InChI is InChI=1S/C11H15N3O/c12-6-1-4-10-5-2-8-14(11(10)15)9-3-7-13/h10H,1-5,8-9H2. The summed E-state index contributed by atoms with van der Waals surface area (Å²) in [6, 6.07) is 4.12. The van der Waals surface area contributed by atoms with Crippen LogP contribution in [0, 0.1) is 28.6 Å². The van der Waals surface area contributed by atoms with Crippen molar-refractivity contribution < 1.29 is 4.79 Å². The lowest BCUT2D eigenvalue weighted by Crippen LogP contribution is -2.41. The minimum atomic E-state index is 0.0112. The van der Waals surface area contributed by atoms with Crippen molar-refractivity contribution >= 4 is 5.91 Å². The molecule has 0 spiro atoms. The third-order valence-corrected chi connectivity index (χ3v) is 2.74. The number of rotatable bonds is 4. The average Bonchev–Trinajstić information content (AvgIpc) is 2.26. The molecule has 1 amide bonds. The number of hydrogen-bond acceptors (Lipinski definition) is 3. The van der Waals surface area contributed by atoms with Crippen LogP contribution in [0.3, 0.4) is 0 Å². The van der Waals surface area contributed by atoms with Crippen LogP contribution in [0.5, 0.6) is 0 Å². The molecule has 0 aromatic heterocycles. The Morgan fingerprint density at radius 3 is 2.73 bits per heavy atom. The first-order valence-electron chi connectivity index (χ1n) is 5.32. The molecule has 0 aliphatic carbocycles. The summed E-state index contributed by atoms with van der Waals surface area (Å²) in [5.74, 6) is 0.142. The molecule has 1 atom stereocenters. The Hall–Kier alpha value is -1.55. The Kier molecular flexibility index (Phi) is 4.63. The lowest BCUT2D eigenvalue weighted by molar-refractivity contribution is -0.138. The maximum Gasteiger partial charge on any atom is 0.225 e. The summed E-state index contributed by atoms with van der Waals surface area (Å²) in [4.78, 5) is 13.6. The Bertz CT molecular complexity index is 272. The Balaban J connectivity index is 2.45. The summed E-state index contributed by atoms with van der Waals surface area (Å²) in [5.41, 5.74) is 0. The predicted molar refractivity (Wildman–Crippen MR) is 54.4 cm³/mol. The first-order valence-corrected chi connectivity index (χ1v) is 5.32. The molecule has 0 aromatic rings. The third kappa shape index (κ3) is 3.25. The lowest BCUT2D eigenvalue weighted by Gasteiger charge is -2.31. The molecule has 1 heterocycles. The molecule has 80 valence electrons. The van der Waals surface area contributed by atoms with Crippen molar-refractivity contribution in [3.8, 4) is 12.1 Å². The minimum Gasteiger partial charge on any atom is -0.341 e. The number of carbonyl (C=O) groups excluding carboxylic acids is 1. The highest BCUT2D eigenvalue weighted by Crippen LogP contribution is 2.22. The number of hydrogen-bond donors (Lipinski definition) is 0. The first kappa shape index (κ1) is 11.5. The van der Waals surface area contributed by atoms with Gasteiger partial charge in [0.1, 0.15) is 0 Å². The number of nitrogens with zero attached hydrogens (tertiary/aromatic N) is 3. The smallest absolute Gasteiger partial charge is 0.225 e. The van der Waals surface area contributed by atoms with Gasteiger partial charge in [0, 0.05) is 25.4 Å². The van der Waals surface area contributed by atoms with E-state index in [1.165, 1.54) is 0 Å². The molecule has 0 radical (unpaired) electrons. The van der Waals surface area contributed by atoms with E-state index in [2.05, 4.69) is 6.07 Å². The van der Waals surface area contributed by atoms with E-state index in [0.29, 0.717) is 25.8 Å². The Morgan fingerprint density at radius 2 is 2.07 bits per heavy atom. The van der Waals surface area contributed by atoms with Crippen LogP contribution < -0.4 is 0 Å². The molecule has 4 nitrogen and oxygen atoms in total. The van der Waals surface area contributed by atoms with Gasteiger partial charge in [0.05, 0.1) is 18.6 Å². The summed E-state index contributed by atoms with van der Waals surface area (Å²) in [5, 5.41) is 16.9. The van der Waals surface area contributed by atoms with Gasteiger partial charge < -0.3 is 4.90 Å². The van der Waals surface area contributed by atoms with Crippen molar-refractivity contribution in [1.82, 2.24) is 4.90 Å². The molecule has 0 bridgehead atoms. The number of piperidine rings is 1. The molecular weight excluding hydrogens is 190 g/mol. The Labute approximate surface area is 90.1 Å². The van der Waals surface area contributed by atoms with Crippen molar-refractivity contribution in [2.75, 3.05) is 13.1 Å². The zero-order valence-corrected chi connectivity index (χ0v) is 8.78. The molecule has 1 fully saturated rings. The van der Waals surface area contributed by atoms with Crippen molar-refractivity contribution in [2.24, 2.45) is 5.92 Å². The van der Waals surface area contributed by atoms with Gasteiger partial charge in [-0.2, -0.15) is 10.5 Å². The summed E-state index contributed by atoms with van der Waals surface area (Å²) < 4.78 is 0. The van der Waals surface area contributed by atoms with E-state index in [1.54, 1.807) is 4.90 Å². The second kappa shape index (κ2) is 6.03. The van der Waals surface area contributed by atoms with Gasteiger partial charge >= 0.3 is 0 Å². The van der Waals surface area contributed by atoms with Gasteiger partial charge in [-0.05, 0) is 19.3 Å². The van der Waals surface area contributed by atoms with Crippen molar-refractivity contribution in [3.63, 3.8) is 0 Å². The fourth-order valence-electron chi connectivity index (χ4n) is 1.93. The molecule has 1 rings (SSSR count). The van der Waals surface area contributed by atoms with Gasteiger partial charge in [-0.1, -0.05) is 0 Å². The highest BCUT2D eigenvalue weighted by molar-refractivity contribution is 5.79. The van der Waals surface area contributed by atoms with Crippen LogP contribution in [0.2, 0.25) is 0 Å². The molecule has 15 heavy (non-hydrogen) atoms. The van der Waals surface area contributed by atoms with Crippen molar-refractivity contribution in [2.45, 2.75) is 32.1 Å². The summed E-state index contributed by atoms with van der Waals surface area (Å²) >= 11 is 0. The normalized spacial score (nSPS) is 20.8. The third-order valence-electron chi connectivity index (χ3n) is 2.74. The lowest BCUT2D eigenvalue weighted by atomic mass is 9.92. The molecule has 0 aromatic carbocycles. The average molecular weight is 205 g/mol. The maximum absolute atomic E-state index is 11.8. The topological polar surface area (TPSA) is 67.9 Å². The molecule has 1 saturated heterocycles. The zero-order valence-electron chi connectivity index (χ0n) is 8.78. The fraction of sp³-hybridized carbons (Fsp3) is 0.727. The summed E-state index contributed by atoms with van der Waals surface area (Å²) in [6.07, 6.45) is 3.40. The fourth-order valence-corrected chi connectivity index (χ4v) is 1.93. The molecule has 1 unspecified atom stereocenters. The quantitative estimate of drug-likeness (QED) is 0.697. The summed E-state index contributed by atoms with van der Waals surface area (Å²) in [6.45, 7) is 1.31.